The summed E-state index contributed by atoms with van der Waals surface area (Å²) < 4.78 is 0. The molecule has 4 heavy (non-hydrogen) atoms. The van der Waals surface area contributed by atoms with E-state index in [-0.39, 0.29) is 21.7 Å². The summed E-state index contributed by atoms with van der Waals surface area (Å²) in [5.41, 5.74) is 0. The summed E-state index contributed by atoms with van der Waals surface area (Å²) in [7, 11) is 0. The summed E-state index contributed by atoms with van der Waals surface area (Å²) in [5, 5.41) is 0. The number of halogens is 2. The average Bonchev–Trinajstić information content (AvgIpc) is 0.918. The maximum absolute atomic E-state index is 4.95. The molecule has 0 fully saturated rings. The van der Waals surface area contributed by atoms with E-state index >= 15 is 0 Å². The summed E-state index contributed by atoms with van der Waals surface area (Å²) in [4.78, 5) is 0. The molecule has 0 nitrogen and oxygen atoms in total. The van der Waals surface area contributed by atoms with Gasteiger partial charge in [0.25, 0.3) is 0 Å². The minimum Gasteiger partial charge on any atom is 0 e. The van der Waals surface area contributed by atoms with Crippen molar-refractivity contribution >= 4 is 43.6 Å². The van der Waals surface area contributed by atoms with Crippen LogP contribution in [0, 0.1) is 0 Å². The average molecular weight is 159 g/mol. The molecular weight excluding hydrogens is 159 g/mol. The van der Waals surface area contributed by atoms with Gasteiger partial charge in [0.2, 0.25) is 0 Å². The normalized spacial score (nSPS) is 2.50. The van der Waals surface area contributed by atoms with Gasteiger partial charge in [-0.25, -0.2) is 0 Å². The quantitative estimate of drug-likeness (QED) is 0.462. The van der Waals surface area contributed by atoms with Gasteiger partial charge < -0.3 is 0 Å². The van der Waals surface area contributed by atoms with Gasteiger partial charge in [0, 0.05) is 21.7 Å². The van der Waals surface area contributed by atoms with Crippen LogP contribution in [0.5, 0.6) is 0 Å². The van der Waals surface area contributed by atoms with Crippen LogP contribution in [0.3, 0.4) is 0 Å². The first-order valence-corrected chi connectivity index (χ1v) is 6.61. The van der Waals surface area contributed by atoms with Crippen molar-refractivity contribution in [2.75, 3.05) is 0 Å². The molecule has 0 aromatic rings. The Balaban J connectivity index is 0. The Morgan fingerprint density at radius 2 is 1.25 bits per heavy atom. The maximum atomic E-state index is 4.95. The van der Waals surface area contributed by atoms with Gasteiger partial charge in [-0.05, 0) is 0 Å². The van der Waals surface area contributed by atoms with Crippen molar-refractivity contribution < 1.29 is 21.7 Å². The van der Waals surface area contributed by atoms with Crippen LogP contribution in [-0.4, -0.2) is 30.8 Å². The van der Waals surface area contributed by atoms with Gasteiger partial charge in [0.15, 0.2) is 0 Å². The molecular formula is CaCl2Ti. The first-order valence-electron chi connectivity index (χ1n) is 0.535. The van der Waals surface area contributed by atoms with Crippen LogP contribution < -0.4 is 0 Å². The molecule has 0 aromatic carbocycles. The summed E-state index contributed by atoms with van der Waals surface area (Å²) in [6.07, 6.45) is 9.90. The van der Waals surface area contributed by atoms with Crippen LogP contribution in [0.4, 0.5) is 0 Å². The fraction of sp³-hybridized carbons (Fsp3) is 0. The van der Waals surface area contributed by atoms with Crippen molar-refractivity contribution in [3.63, 3.8) is 0 Å². The zero-order chi connectivity index (χ0) is 2.71. The monoisotopic (exact) mass is 158 g/mol. The molecule has 0 heterocycles. The third kappa shape index (κ3) is 8.82. The SMILES string of the molecule is [Cl][Ca][Cl].[Ti]. The van der Waals surface area contributed by atoms with Gasteiger partial charge in [-0.3, -0.25) is 0 Å². The van der Waals surface area contributed by atoms with Gasteiger partial charge in [0.05, 0.1) is 0 Å². The predicted molar refractivity (Wildman–Crippen MR) is 17.5 cm³/mol. The van der Waals surface area contributed by atoms with Crippen molar-refractivity contribution in [3.05, 3.63) is 0 Å². The molecule has 0 spiro atoms. The van der Waals surface area contributed by atoms with Gasteiger partial charge in [0.1, 0.15) is 0 Å². The van der Waals surface area contributed by atoms with E-state index < -0.39 is 30.8 Å². The van der Waals surface area contributed by atoms with Crippen LogP contribution in [0.1, 0.15) is 0 Å². The van der Waals surface area contributed by atoms with Crippen molar-refractivity contribution in [2.45, 2.75) is 0 Å². The smallest absolute Gasteiger partial charge is 0 e. The Bertz CT molecular complexity index is 6.00. The molecule has 0 aromatic heterocycles. The molecule has 0 saturated carbocycles. The Kier molecular flexibility index (Phi) is 22.2. The summed E-state index contributed by atoms with van der Waals surface area (Å²) >= 11 is -0.931. The number of hydrogen-bond acceptors (Lipinski definition) is 0. The number of rotatable bonds is 0. The molecule has 0 rings (SSSR count). The van der Waals surface area contributed by atoms with E-state index in [0.29, 0.717) is 0 Å². The molecule has 0 unspecified atom stereocenters. The van der Waals surface area contributed by atoms with E-state index in [1.807, 2.05) is 0 Å². The number of hydrogen-bond donors (Lipinski definition) is 0. The van der Waals surface area contributed by atoms with Crippen molar-refractivity contribution in [2.24, 2.45) is 0 Å². The van der Waals surface area contributed by atoms with E-state index in [4.69, 9.17) is 12.8 Å². The molecule has 0 radical (unpaired) electrons. The topological polar surface area (TPSA) is 0 Å². The van der Waals surface area contributed by atoms with Gasteiger partial charge in [-0.15, -0.1) is 0 Å². The first-order chi connectivity index (χ1) is 1.41. The molecule has 0 saturated heterocycles. The molecule has 0 amide bonds. The second-order valence-electron chi connectivity index (χ2n) is 0.101. The molecule has 0 bridgehead atoms. The summed E-state index contributed by atoms with van der Waals surface area (Å²) in [6.45, 7) is 0. The van der Waals surface area contributed by atoms with E-state index in [9.17, 15) is 0 Å². The molecule has 0 atom stereocenters. The van der Waals surface area contributed by atoms with Gasteiger partial charge in [-0.1, -0.05) is 0 Å². The van der Waals surface area contributed by atoms with Crippen LogP contribution in [-0.2, 0) is 21.7 Å². The van der Waals surface area contributed by atoms with E-state index in [1.54, 1.807) is 0 Å². The zero-order valence-electron chi connectivity index (χ0n) is 1.96. The third-order valence-corrected chi connectivity index (χ3v) is 0. The molecule has 4 heteroatoms. The van der Waals surface area contributed by atoms with Crippen LogP contribution >= 0.6 is 12.8 Å². The van der Waals surface area contributed by atoms with Crippen LogP contribution in [0.25, 0.3) is 0 Å². The minimum atomic E-state index is -0.931. The fourth-order valence-corrected chi connectivity index (χ4v) is 0. The third-order valence-electron chi connectivity index (χ3n) is 0. The maximum Gasteiger partial charge on any atom is 0 e. The molecule has 0 N–H and O–H groups in total. The van der Waals surface area contributed by atoms with Crippen LogP contribution in [0.2, 0.25) is 0 Å². The molecule has 0 aliphatic rings. The van der Waals surface area contributed by atoms with E-state index in [2.05, 4.69) is 0 Å². The van der Waals surface area contributed by atoms with Gasteiger partial charge >= 0.3 is 43.6 Å². The molecule has 0 aliphatic heterocycles. The Morgan fingerprint density at radius 3 is 1.25 bits per heavy atom. The van der Waals surface area contributed by atoms with Crippen LogP contribution in [0.15, 0.2) is 0 Å². The summed E-state index contributed by atoms with van der Waals surface area (Å²) in [5.74, 6) is 0. The van der Waals surface area contributed by atoms with E-state index in [1.165, 1.54) is 0 Å². The zero-order valence-corrected chi connectivity index (χ0v) is 7.24. The minimum absolute atomic E-state index is 0. The van der Waals surface area contributed by atoms with Crippen molar-refractivity contribution in [3.8, 4) is 0 Å². The Hall–Kier alpha value is 2.55. The largest absolute Gasteiger partial charge is 0 e. The Labute approximate surface area is 63.9 Å². The second kappa shape index (κ2) is 9.12. The predicted octanol–water partition coefficient (Wildman–Crippen LogP) is 0.996. The first kappa shape index (κ1) is 9.75. The van der Waals surface area contributed by atoms with Crippen molar-refractivity contribution in [1.82, 2.24) is 0 Å². The van der Waals surface area contributed by atoms with E-state index in [0.717, 1.165) is 0 Å². The Morgan fingerprint density at radius 1 is 1.25 bits per heavy atom. The second-order valence-corrected chi connectivity index (χ2v) is 3.75. The fourth-order valence-electron chi connectivity index (χ4n) is 0. The van der Waals surface area contributed by atoms with Gasteiger partial charge in [-0.2, -0.15) is 0 Å². The molecule has 20 valence electrons. The summed E-state index contributed by atoms with van der Waals surface area (Å²) in [6, 6.07) is 0. The standard InChI is InChI=1S/Ca.2ClH.Ti/h;2*1H;/q+2;;;/p-2. The van der Waals surface area contributed by atoms with Crippen molar-refractivity contribution in [1.29, 1.82) is 0 Å². The molecule has 0 aliphatic carbocycles.